The van der Waals surface area contributed by atoms with E-state index in [1.165, 1.54) is 5.39 Å². The first-order chi connectivity index (χ1) is 19.8. The van der Waals surface area contributed by atoms with Crippen molar-refractivity contribution in [3.63, 3.8) is 0 Å². The highest BCUT2D eigenvalue weighted by molar-refractivity contribution is 6.14. The summed E-state index contributed by atoms with van der Waals surface area (Å²) in [5, 5.41) is 5.60. The molecule has 0 aliphatic heterocycles. The van der Waals surface area contributed by atoms with Gasteiger partial charge in [-0.2, -0.15) is 0 Å². The van der Waals surface area contributed by atoms with Crippen molar-refractivity contribution in [1.29, 1.82) is 0 Å². The first kappa shape index (κ1) is 21.4. The summed E-state index contributed by atoms with van der Waals surface area (Å²) in [6.07, 6.45) is 0. The summed E-state index contributed by atoms with van der Waals surface area (Å²) in [7, 11) is 0. The number of fused-ring (bicyclic) bond motifs is 11. The molecule has 4 heterocycles. The lowest BCUT2D eigenvalue weighted by atomic mass is 10.1. The fraction of sp³-hybridized carbons (Fsp3) is 0. The van der Waals surface area contributed by atoms with Crippen LogP contribution in [0.15, 0.2) is 126 Å². The van der Waals surface area contributed by atoms with Gasteiger partial charge in [0.25, 0.3) is 0 Å². The van der Waals surface area contributed by atoms with Crippen molar-refractivity contribution in [3.8, 4) is 22.6 Å². The highest BCUT2D eigenvalue weighted by Crippen LogP contribution is 2.36. The molecule has 5 nitrogen and oxygen atoms in total. The van der Waals surface area contributed by atoms with E-state index in [1.54, 1.807) is 0 Å². The van der Waals surface area contributed by atoms with Gasteiger partial charge >= 0.3 is 0 Å². The molecule has 5 aromatic carbocycles. The number of nitrogens with zero attached hydrogens (tertiary/aromatic N) is 4. The Balaban J connectivity index is 1.42. The minimum absolute atomic E-state index is 0.632. The van der Waals surface area contributed by atoms with Gasteiger partial charge in [0.15, 0.2) is 11.5 Å². The molecule has 5 heteroatoms. The standard InChI is InChI=1S/C35H20N4O/c1-2-10-21(11-3-1)31-32-35(39-28-16-8-6-13-24(28)23-12-4-5-15-27(23)34(39)37-32)38-33(36-31)22-18-19-26-25-14-7-9-17-29(25)40-30(26)20-22/h1-20H. The average molecular weight is 513 g/mol. The zero-order chi connectivity index (χ0) is 26.2. The van der Waals surface area contributed by atoms with E-state index >= 15 is 0 Å². The molecule has 0 aliphatic rings. The quantitative estimate of drug-likeness (QED) is 0.217. The number of rotatable bonds is 2. The predicted molar refractivity (Wildman–Crippen MR) is 161 cm³/mol. The van der Waals surface area contributed by atoms with Gasteiger partial charge in [0.1, 0.15) is 28.0 Å². The molecule has 0 unspecified atom stereocenters. The van der Waals surface area contributed by atoms with Crippen molar-refractivity contribution in [2.75, 3.05) is 0 Å². The van der Waals surface area contributed by atoms with E-state index in [1.807, 2.05) is 42.5 Å². The SMILES string of the molecule is c1ccc(-c2nc(-c3ccc4c(c3)oc3ccccc34)nc3c2nc2c4ccccc4c4ccccc4n32)cc1. The molecular weight excluding hydrogens is 492 g/mol. The van der Waals surface area contributed by atoms with Crippen LogP contribution < -0.4 is 0 Å². The minimum atomic E-state index is 0.632. The molecule has 0 amide bonds. The molecule has 0 fully saturated rings. The highest BCUT2D eigenvalue weighted by Gasteiger charge is 2.20. The number of para-hydroxylation sites is 2. The molecule has 0 bridgehead atoms. The molecule has 9 aromatic rings. The third kappa shape index (κ3) is 2.94. The summed E-state index contributed by atoms with van der Waals surface area (Å²) in [4.78, 5) is 15.5. The molecule has 0 aliphatic carbocycles. The Kier molecular flexibility index (Phi) is 4.27. The van der Waals surface area contributed by atoms with Crippen LogP contribution in [0.2, 0.25) is 0 Å². The largest absolute Gasteiger partial charge is 0.456 e. The fourth-order valence-electron chi connectivity index (χ4n) is 5.97. The maximum absolute atomic E-state index is 6.20. The van der Waals surface area contributed by atoms with Gasteiger partial charge in [-0.15, -0.1) is 0 Å². The lowest BCUT2D eigenvalue weighted by Gasteiger charge is -2.09. The maximum atomic E-state index is 6.20. The zero-order valence-corrected chi connectivity index (χ0v) is 21.2. The van der Waals surface area contributed by atoms with E-state index in [9.17, 15) is 0 Å². The zero-order valence-electron chi connectivity index (χ0n) is 21.2. The molecule has 40 heavy (non-hydrogen) atoms. The topological polar surface area (TPSA) is 56.2 Å². The second-order valence-corrected chi connectivity index (χ2v) is 10.1. The number of imidazole rings is 1. The van der Waals surface area contributed by atoms with Crippen LogP contribution in [-0.4, -0.2) is 19.4 Å². The van der Waals surface area contributed by atoms with Crippen LogP contribution in [0, 0.1) is 0 Å². The van der Waals surface area contributed by atoms with Gasteiger partial charge in [-0.05, 0) is 29.7 Å². The Labute approximate surface area is 228 Å². The second-order valence-electron chi connectivity index (χ2n) is 10.1. The molecule has 0 saturated heterocycles. The highest BCUT2D eigenvalue weighted by atomic mass is 16.3. The summed E-state index contributed by atoms with van der Waals surface area (Å²) in [5.41, 5.74) is 7.89. The Morgan fingerprint density at radius 1 is 0.475 bits per heavy atom. The summed E-state index contributed by atoms with van der Waals surface area (Å²) < 4.78 is 8.39. The van der Waals surface area contributed by atoms with Gasteiger partial charge in [0, 0.05) is 32.7 Å². The molecule has 0 N–H and O–H groups in total. The first-order valence-corrected chi connectivity index (χ1v) is 13.3. The normalized spacial score (nSPS) is 12.0. The van der Waals surface area contributed by atoms with Crippen molar-refractivity contribution in [1.82, 2.24) is 19.4 Å². The first-order valence-electron chi connectivity index (χ1n) is 13.3. The summed E-state index contributed by atoms with van der Waals surface area (Å²) >= 11 is 0. The van der Waals surface area contributed by atoms with Crippen molar-refractivity contribution >= 4 is 60.4 Å². The van der Waals surface area contributed by atoms with Crippen LogP contribution in [0.4, 0.5) is 0 Å². The Morgan fingerprint density at radius 3 is 2.05 bits per heavy atom. The maximum Gasteiger partial charge on any atom is 0.169 e. The third-order valence-electron chi connectivity index (χ3n) is 7.79. The number of pyridine rings is 1. The Bertz CT molecular complexity index is 2440. The Morgan fingerprint density at radius 2 is 1.18 bits per heavy atom. The van der Waals surface area contributed by atoms with Crippen molar-refractivity contribution in [3.05, 3.63) is 121 Å². The van der Waals surface area contributed by atoms with E-state index in [0.29, 0.717) is 5.82 Å². The number of aromatic nitrogens is 4. The number of benzene rings is 5. The van der Waals surface area contributed by atoms with Gasteiger partial charge in [-0.3, -0.25) is 4.40 Å². The van der Waals surface area contributed by atoms with Crippen LogP contribution in [0.25, 0.3) is 83.1 Å². The van der Waals surface area contributed by atoms with Crippen LogP contribution in [0.5, 0.6) is 0 Å². The Hall–Kier alpha value is -5.55. The minimum Gasteiger partial charge on any atom is -0.456 e. The van der Waals surface area contributed by atoms with E-state index in [-0.39, 0.29) is 0 Å². The average Bonchev–Trinajstić information content (AvgIpc) is 3.60. The molecule has 4 aromatic heterocycles. The van der Waals surface area contributed by atoms with Crippen LogP contribution >= 0.6 is 0 Å². The molecular formula is C35H20N4O. The monoisotopic (exact) mass is 512 g/mol. The molecule has 186 valence electrons. The van der Waals surface area contributed by atoms with E-state index in [4.69, 9.17) is 19.4 Å². The molecule has 9 rings (SSSR count). The molecule has 0 radical (unpaired) electrons. The van der Waals surface area contributed by atoms with Gasteiger partial charge in [0.2, 0.25) is 0 Å². The summed E-state index contributed by atoms with van der Waals surface area (Å²) in [6, 6.07) is 41.5. The van der Waals surface area contributed by atoms with Crippen molar-refractivity contribution < 1.29 is 4.42 Å². The summed E-state index contributed by atoms with van der Waals surface area (Å²) in [6.45, 7) is 0. The number of hydrogen-bond donors (Lipinski definition) is 0. The van der Waals surface area contributed by atoms with Crippen LogP contribution in [0.3, 0.4) is 0 Å². The smallest absolute Gasteiger partial charge is 0.169 e. The summed E-state index contributed by atoms with van der Waals surface area (Å²) in [5.74, 6) is 0.632. The molecule has 0 saturated carbocycles. The fourth-order valence-corrected chi connectivity index (χ4v) is 5.97. The number of furan rings is 1. The number of hydrogen-bond acceptors (Lipinski definition) is 4. The van der Waals surface area contributed by atoms with Gasteiger partial charge in [0.05, 0.1) is 5.52 Å². The van der Waals surface area contributed by atoms with Gasteiger partial charge in [-0.1, -0.05) is 97.1 Å². The lowest BCUT2D eigenvalue weighted by molar-refractivity contribution is 0.669. The van der Waals surface area contributed by atoms with E-state index in [0.717, 1.165) is 71.9 Å². The second kappa shape index (κ2) is 7.98. The van der Waals surface area contributed by atoms with Gasteiger partial charge in [-0.25, -0.2) is 15.0 Å². The van der Waals surface area contributed by atoms with Crippen LogP contribution in [-0.2, 0) is 0 Å². The lowest BCUT2D eigenvalue weighted by Crippen LogP contribution is -1.97. The van der Waals surface area contributed by atoms with Crippen LogP contribution in [0.1, 0.15) is 0 Å². The third-order valence-corrected chi connectivity index (χ3v) is 7.79. The van der Waals surface area contributed by atoms with E-state index < -0.39 is 0 Å². The predicted octanol–water partition coefficient (Wildman–Crippen LogP) is 8.82. The van der Waals surface area contributed by atoms with Crippen molar-refractivity contribution in [2.45, 2.75) is 0 Å². The molecule has 0 spiro atoms. The molecule has 0 atom stereocenters. The van der Waals surface area contributed by atoms with Crippen molar-refractivity contribution in [2.24, 2.45) is 0 Å². The van der Waals surface area contributed by atoms with E-state index in [2.05, 4.69) is 83.3 Å². The van der Waals surface area contributed by atoms with Gasteiger partial charge < -0.3 is 4.42 Å².